The molecule has 1 saturated carbocycles. The molecule has 0 atom stereocenters. The molecule has 2 nitrogen and oxygen atoms in total. The fourth-order valence-corrected chi connectivity index (χ4v) is 2.72. The summed E-state index contributed by atoms with van der Waals surface area (Å²) in [5.41, 5.74) is 1.71. The van der Waals surface area contributed by atoms with E-state index >= 15 is 0 Å². The van der Waals surface area contributed by atoms with E-state index in [4.69, 9.17) is 0 Å². The van der Waals surface area contributed by atoms with Gasteiger partial charge in [0, 0.05) is 6.54 Å². The van der Waals surface area contributed by atoms with Crippen LogP contribution in [0.2, 0.25) is 0 Å². The second kappa shape index (κ2) is 5.54. The summed E-state index contributed by atoms with van der Waals surface area (Å²) in [4.78, 5) is 0. The molecule has 2 N–H and O–H groups in total. The van der Waals surface area contributed by atoms with Gasteiger partial charge in [0.05, 0.1) is 0 Å². The lowest BCUT2D eigenvalue weighted by atomic mass is 9.65. The lowest BCUT2D eigenvalue weighted by Crippen LogP contribution is -2.41. The Kier molecular flexibility index (Phi) is 4.06. The van der Waals surface area contributed by atoms with Crippen LogP contribution >= 0.6 is 0 Å². The monoisotopic (exact) mass is 233 g/mol. The number of hydrogen-bond donors (Lipinski definition) is 2. The van der Waals surface area contributed by atoms with Gasteiger partial charge in [0.15, 0.2) is 0 Å². The van der Waals surface area contributed by atoms with Crippen LogP contribution in [0.3, 0.4) is 0 Å². The number of rotatable bonds is 6. The Morgan fingerprint density at radius 1 is 1.35 bits per heavy atom. The molecule has 2 rings (SSSR count). The highest BCUT2D eigenvalue weighted by Crippen LogP contribution is 2.43. The van der Waals surface area contributed by atoms with Gasteiger partial charge in [0.25, 0.3) is 0 Å². The molecule has 94 valence electrons. The van der Waals surface area contributed by atoms with Crippen molar-refractivity contribution in [1.29, 1.82) is 0 Å². The molecule has 1 aromatic carbocycles. The van der Waals surface area contributed by atoms with Gasteiger partial charge in [0.1, 0.15) is 5.75 Å². The van der Waals surface area contributed by atoms with Gasteiger partial charge in [0.2, 0.25) is 0 Å². The molecule has 0 radical (unpaired) electrons. The number of phenols is 1. The first-order chi connectivity index (χ1) is 8.24. The highest BCUT2D eigenvalue weighted by Gasteiger charge is 2.36. The van der Waals surface area contributed by atoms with Crippen LogP contribution in [0.4, 0.5) is 0 Å². The second-order valence-corrected chi connectivity index (χ2v) is 5.38. The zero-order valence-electron chi connectivity index (χ0n) is 10.7. The summed E-state index contributed by atoms with van der Waals surface area (Å²) in [7, 11) is 0. The van der Waals surface area contributed by atoms with Crippen LogP contribution in [-0.4, -0.2) is 18.2 Å². The predicted octanol–water partition coefficient (Wildman–Crippen LogP) is 3.10. The van der Waals surface area contributed by atoms with Crippen LogP contribution in [0.1, 0.15) is 38.2 Å². The van der Waals surface area contributed by atoms with E-state index in [-0.39, 0.29) is 0 Å². The molecule has 0 unspecified atom stereocenters. The van der Waals surface area contributed by atoms with Crippen molar-refractivity contribution in [3.63, 3.8) is 0 Å². The quantitative estimate of drug-likeness (QED) is 0.740. The van der Waals surface area contributed by atoms with E-state index in [1.54, 1.807) is 6.07 Å². The van der Waals surface area contributed by atoms with E-state index in [2.05, 4.69) is 18.3 Å². The van der Waals surface area contributed by atoms with Gasteiger partial charge < -0.3 is 10.4 Å². The molecule has 0 aliphatic heterocycles. The third-order valence-corrected chi connectivity index (χ3v) is 3.83. The lowest BCUT2D eigenvalue weighted by Gasteiger charge is -2.42. The second-order valence-electron chi connectivity index (χ2n) is 5.38. The molecule has 17 heavy (non-hydrogen) atoms. The summed E-state index contributed by atoms with van der Waals surface area (Å²) in [6, 6.07) is 7.71. The van der Waals surface area contributed by atoms with Gasteiger partial charge in [-0.25, -0.2) is 0 Å². The molecule has 0 bridgehead atoms. The maximum absolute atomic E-state index is 9.50. The van der Waals surface area contributed by atoms with Gasteiger partial charge in [-0.3, -0.25) is 0 Å². The Bertz CT molecular complexity index is 358. The lowest BCUT2D eigenvalue weighted by molar-refractivity contribution is 0.130. The van der Waals surface area contributed by atoms with Crippen LogP contribution in [0.25, 0.3) is 0 Å². The molecule has 0 aromatic heterocycles. The summed E-state index contributed by atoms with van der Waals surface area (Å²) in [6.07, 6.45) is 6.28. The smallest absolute Gasteiger partial charge is 0.115 e. The third kappa shape index (κ3) is 3.22. The Labute approximate surface area is 104 Å². The molecule has 2 heteroatoms. The SMILES string of the molecule is CCCNCC1(Cc2cccc(O)c2)CCC1. The van der Waals surface area contributed by atoms with Crippen LogP contribution < -0.4 is 5.32 Å². The number of hydrogen-bond acceptors (Lipinski definition) is 2. The van der Waals surface area contributed by atoms with E-state index in [0.29, 0.717) is 11.2 Å². The summed E-state index contributed by atoms with van der Waals surface area (Å²) in [6.45, 7) is 4.44. The molecule has 1 fully saturated rings. The number of phenolic OH excluding ortho intramolecular Hbond substituents is 1. The standard InChI is InChI=1S/C15H23NO/c1-2-9-16-12-15(7-4-8-15)11-13-5-3-6-14(17)10-13/h3,5-6,10,16-17H,2,4,7-9,11-12H2,1H3. The summed E-state index contributed by atoms with van der Waals surface area (Å²) in [5.74, 6) is 0.387. The molecule has 1 aromatic rings. The van der Waals surface area contributed by atoms with Crippen molar-refractivity contribution < 1.29 is 5.11 Å². The maximum Gasteiger partial charge on any atom is 0.115 e. The van der Waals surface area contributed by atoms with Gasteiger partial charge >= 0.3 is 0 Å². The molecule has 0 spiro atoms. The van der Waals surface area contributed by atoms with Gasteiger partial charge in [-0.2, -0.15) is 0 Å². The van der Waals surface area contributed by atoms with Crippen molar-refractivity contribution in [3.8, 4) is 5.75 Å². The Morgan fingerprint density at radius 3 is 2.76 bits per heavy atom. The van der Waals surface area contributed by atoms with Crippen molar-refractivity contribution in [2.75, 3.05) is 13.1 Å². The van der Waals surface area contributed by atoms with E-state index in [0.717, 1.165) is 19.5 Å². The normalized spacial score (nSPS) is 17.7. The average molecular weight is 233 g/mol. The zero-order chi connectivity index (χ0) is 12.1. The molecule has 0 amide bonds. The van der Waals surface area contributed by atoms with E-state index in [1.165, 1.54) is 31.2 Å². The molecule has 1 aliphatic rings. The minimum absolute atomic E-state index is 0.387. The highest BCUT2D eigenvalue weighted by molar-refractivity contribution is 5.28. The summed E-state index contributed by atoms with van der Waals surface area (Å²) in [5, 5.41) is 13.0. The number of benzene rings is 1. The minimum atomic E-state index is 0.387. The van der Waals surface area contributed by atoms with Crippen molar-refractivity contribution in [1.82, 2.24) is 5.32 Å². The van der Waals surface area contributed by atoms with Crippen LogP contribution in [0, 0.1) is 5.41 Å². The Morgan fingerprint density at radius 2 is 2.18 bits per heavy atom. The van der Waals surface area contributed by atoms with Gasteiger partial charge in [-0.05, 0) is 55.3 Å². The van der Waals surface area contributed by atoms with Crippen molar-refractivity contribution in [2.24, 2.45) is 5.41 Å². The Hall–Kier alpha value is -1.02. The van der Waals surface area contributed by atoms with Gasteiger partial charge in [-0.1, -0.05) is 25.5 Å². The highest BCUT2D eigenvalue weighted by atomic mass is 16.3. The molecular weight excluding hydrogens is 210 g/mol. The fraction of sp³-hybridized carbons (Fsp3) is 0.600. The molecule has 0 saturated heterocycles. The van der Waals surface area contributed by atoms with Crippen LogP contribution in [0.5, 0.6) is 5.75 Å². The number of aromatic hydroxyl groups is 1. The summed E-state index contributed by atoms with van der Waals surface area (Å²) >= 11 is 0. The van der Waals surface area contributed by atoms with Crippen molar-refractivity contribution >= 4 is 0 Å². The first-order valence-corrected chi connectivity index (χ1v) is 6.73. The summed E-state index contributed by atoms with van der Waals surface area (Å²) < 4.78 is 0. The van der Waals surface area contributed by atoms with Crippen LogP contribution in [0.15, 0.2) is 24.3 Å². The minimum Gasteiger partial charge on any atom is -0.508 e. The molecule has 0 heterocycles. The van der Waals surface area contributed by atoms with E-state index in [1.807, 2.05) is 12.1 Å². The number of nitrogens with one attached hydrogen (secondary N) is 1. The predicted molar refractivity (Wildman–Crippen MR) is 71.3 cm³/mol. The first-order valence-electron chi connectivity index (χ1n) is 6.73. The topological polar surface area (TPSA) is 32.3 Å². The Balaban J connectivity index is 1.94. The maximum atomic E-state index is 9.50. The zero-order valence-corrected chi connectivity index (χ0v) is 10.7. The molecule has 1 aliphatic carbocycles. The largest absolute Gasteiger partial charge is 0.508 e. The van der Waals surface area contributed by atoms with Crippen LogP contribution in [-0.2, 0) is 6.42 Å². The van der Waals surface area contributed by atoms with Crippen molar-refractivity contribution in [3.05, 3.63) is 29.8 Å². The van der Waals surface area contributed by atoms with E-state index < -0.39 is 0 Å². The first kappa shape index (κ1) is 12.4. The third-order valence-electron chi connectivity index (χ3n) is 3.83. The fourth-order valence-electron chi connectivity index (χ4n) is 2.72. The van der Waals surface area contributed by atoms with Crippen molar-refractivity contribution in [2.45, 2.75) is 39.0 Å². The van der Waals surface area contributed by atoms with Gasteiger partial charge in [-0.15, -0.1) is 0 Å². The average Bonchev–Trinajstić information content (AvgIpc) is 2.26. The molecular formula is C15H23NO. The van der Waals surface area contributed by atoms with E-state index in [9.17, 15) is 5.11 Å².